The lowest BCUT2D eigenvalue weighted by Crippen LogP contribution is -2.33. The zero-order valence-corrected chi connectivity index (χ0v) is 61.2. The average Bonchev–Trinajstić information content (AvgIpc) is 0.761. The van der Waals surface area contributed by atoms with Gasteiger partial charge in [0.15, 0.2) is 0 Å². The number of benzene rings is 10. The van der Waals surface area contributed by atoms with Gasteiger partial charge in [0.05, 0.1) is 0 Å². The van der Waals surface area contributed by atoms with Gasteiger partial charge in [0.25, 0.3) is 17.7 Å². The lowest BCUT2D eigenvalue weighted by atomic mass is 10.0. The Hall–Kier alpha value is -11.8. The topological polar surface area (TPSA) is 252 Å². The number of nitrogen functional groups attached to an aromatic ring is 3. The fraction of sp³-hybridized carbons (Fsp3) is 0.276. The SMILES string of the molecule is Cc1cc2nc3cc(C)c(NCCCCCCNC(=O)c4cc(C(=O)NCCCCCCNc5cc6c(cc5C)nc5cc(C)c(N)cc5[n+]6-c5ccccc5)cc(C(=O)NCCCCCCNc5cc6c(cc5C)nc5cc(C)c(N)cc5[n+]6-c5ccccc5)c4)cc3[n+](-c3ccccc3)c2cc1N. The van der Waals surface area contributed by atoms with Crippen molar-refractivity contribution >= 4 is 118 Å². The Bertz CT molecular complexity index is 4860. The quantitative estimate of drug-likeness (QED) is 0.00882. The highest BCUT2D eigenvalue weighted by Crippen LogP contribution is 2.31. The molecule has 10 aromatic carbocycles. The van der Waals surface area contributed by atoms with Gasteiger partial charge < -0.3 is 49.1 Å². The van der Waals surface area contributed by atoms with E-state index in [1.165, 1.54) is 0 Å². The molecule has 0 aliphatic carbocycles. The number of fused-ring (bicyclic) bond motifs is 6. The van der Waals surface area contributed by atoms with Crippen LogP contribution in [0.15, 0.2) is 182 Å². The van der Waals surface area contributed by atoms with Crippen molar-refractivity contribution in [2.24, 2.45) is 0 Å². The first kappa shape index (κ1) is 71.6. The van der Waals surface area contributed by atoms with E-state index < -0.39 is 0 Å². The molecule has 18 heteroatoms. The maximum atomic E-state index is 14.0. The van der Waals surface area contributed by atoms with Crippen LogP contribution in [0.25, 0.3) is 83.3 Å². The number of hydrogen-bond donors (Lipinski definition) is 9. The third-order valence-corrected chi connectivity index (χ3v) is 20.1. The van der Waals surface area contributed by atoms with Crippen LogP contribution in [0.1, 0.15) is 142 Å². The molecule has 0 fully saturated rings. The van der Waals surface area contributed by atoms with Crippen LogP contribution in [0.5, 0.6) is 0 Å². The van der Waals surface area contributed by atoms with Crippen molar-refractivity contribution in [2.75, 3.05) is 72.4 Å². The van der Waals surface area contributed by atoms with Crippen molar-refractivity contribution < 1.29 is 28.1 Å². The maximum absolute atomic E-state index is 14.0. The second kappa shape index (κ2) is 32.7. The molecule has 0 aliphatic heterocycles. The van der Waals surface area contributed by atoms with Gasteiger partial charge in [-0.05, 0) is 168 Å². The molecular weight excluding hydrogens is 1300 g/mol. The van der Waals surface area contributed by atoms with Gasteiger partial charge in [-0.25, -0.2) is 15.0 Å². The van der Waals surface area contributed by atoms with Gasteiger partial charge in [-0.3, -0.25) is 14.4 Å². The first-order chi connectivity index (χ1) is 51.0. The van der Waals surface area contributed by atoms with Crippen LogP contribution in [0.2, 0.25) is 0 Å². The molecule has 0 unspecified atom stereocenters. The molecule has 0 bridgehead atoms. The molecule has 0 atom stereocenters. The number of amides is 3. The summed E-state index contributed by atoms with van der Waals surface area (Å²) < 4.78 is 6.71. The van der Waals surface area contributed by atoms with Gasteiger partial charge in [0.1, 0.15) is 33.1 Å². The Kier molecular flexibility index (Phi) is 22.3. The molecule has 0 radical (unpaired) electrons. The Morgan fingerprint density at radius 2 is 0.514 bits per heavy atom. The van der Waals surface area contributed by atoms with E-state index >= 15 is 0 Å². The largest absolute Gasteiger partial charge is 0.398 e. The normalized spacial score (nSPS) is 11.5. The molecule has 534 valence electrons. The van der Waals surface area contributed by atoms with Gasteiger partial charge in [-0.1, -0.05) is 93.1 Å². The molecule has 0 saturated carbocycles. The van der Waals surface area contributed by atoms with Crippen molar-refractivity contribution in [3.05, 3.63) is 232 Å². The Morgan fingerprint density at radius 1 is 0.286 bits per heavy atom. The van der Waals surface area contributed by atoms with Gasteiger partial charge >= 0.3 is 0 Å². The molecule has 3 aromatic heterocycles. The minimum atomic E-state index is -0.332. The first-order valence-corrected chi connectivity index (χ1v) is 37.1. The highest BCUT2D eigenvalue weighted by Gasteiger charge is 2.27. The summed E-state index contributed by atoms with van der Waals surface area (Å²) in [6.45, 7) is 16.0. The number of carbonyl (C=O) groups is 3. The molecular formula is C87H96N15O3+3. The van der Waals surface area contributed by atoms with E-state index in [-0.39, 0.29) is 34.4 Å². The van der Waals surface area contributed by atoms with E-state index in [4.69, 9.17) is 32.2 Å². The molecule has 0 saturated heterocycles. The van der Waals surface area contributed by atoms with E-state index in [1.54, 1.807) is 18.2 Å². The fourth-order valence-electron chi connectivity index (χ4n) is 14.1. The lowest BCUT2D eigenvalue weighted by molar-refractivity contribution is -0.538. The number of carbonyl (C=O) groups excluding carboxylic acids is 3. The molecule has 3 heterocycles. The summed E-state index contributed by atoms with van der Waals surface area (Å²) in [6.07, 6.45) is 10.7. The third-order valence-electron chi connectivity index (χ3n) is 20.1. The number of aryl methyl sites for hydroxylation is 6. The Labute approximate surface area is 613 Å². The van der Waals surface area contributed by atoms with E-state index in [2.05, 4.69) is 157 Å². The van der Waals surface area contributed by atoms with Crippen LogP contribution in [0.3, 0.4) is 0 Å². The molecule has 18 nitrogen and oxygen atoms in total. The Balaban J connectivity index is 0.603. The van der Waals surface area contributed by atoms with Crippen molar-refractivity contribution in [1.29, 1.82) is 0 Å². The van der Waals surface area contributed by atoms with E-state index in [1.807, 2.05) is 93.6 Å². The number of aromatic nitrogens is 6. The standard InChI is InChI=1S/C87H93N15O3/c1-55-40-73-79(49-67(55)88)100(64-28-16-13-17-29-64)82-52-70(58(4)43-76(82)97-73)91-34-22-7-10-25-37-94-85(103)61-46-62(86(104)95-38-26-11-8-23-35-92-71-53-83-77(44-59(71)5)98-74-41-56(2)68(89)50-80(74)101(83)65-30-18-14-19-31-65)48-63(47-61)87(105)96-39-27-12-9-24-36-93-72-54-84-78(45-60(72)6)99-75-42-57(3)69(90)51-81(75)102(84)66-32-20-15-21-33-66/h13-21,28-33,40-54H,7-12,22-27,34-39H2,1-6H3,(H9,88,89,90,91,92,93,94,95,96,103,104,105)/p+3. The zero-order valence-electron chi connectivity index (χ0n) is 61.2. The summed E-state index contributed by atoms with van der Waals surface area (Å²) in [5.41, 5.74) is 46.1. The lowest BCUT2D eigenvalue weighted by Gasteiger charge is -2.13. The smallest absolute Gasteiger partial charge is 0.251 e. The number of para-hydroxylation sites is 3. The maximum Gasteiger partial charge on any atom is 0.251 e. The number of unbranched alkanes of at least 4 members (excludes halogenated alkanes) is 9. The zero-order chi connectivity index (χ0) is 73.1. The number of nitrogens with two attached hydrogens (primary N) is 3. The number of nitrogens with zero attached hydrogens (tertiary/aromatic N) is 6. The van der Waals surface area contributed by atoms with E-state index in [9.17, 15) is 14.4 Å². The summed E-state index contributed by atoms with van der Waals surface area (Å²) >= 11 is 0. The minimum Gasteiger partial charge on any atom is -0.398 e. The van der Waals surface area contributed by atoms with Crippen molar-refractivity contribution in [3.8, 4) is 17.1 Å². The van der Waals surface area contributed by atoms with Gasteiger partial charge in [0, 0.05) is 163 Å². The first-order valence-electron chi connectivity index (χ1n) is 37.1. The summed E-state index contributed by atoms with van der Waals surface area (Å²) in [4.78, 5) is 57.2. The molecule has 0 spiro atoms. The van der Waals surface area contributed by atoms with Crippen molar-refractivity contribution in [2.45, 2.75) is 119 Å². The number of hydrogen-bond acceptors (Lipinski definition) is 12. The molecule has 0 aliphatic rings. The highest BCUT2D eigenvalue weighted by atomic mass is 16.2. The second-order valence-corrected chi connectivity index (χ2v) is 28.0. The molecule has 13 rings (SSSR count). The summed E-state index contributed by atoms with van der Waals surface area (Å²) in [6, 6.07) is 60.9. The average molecular weight is 1400 g/mol. The molecule has 12 N–H and O–H groups in total. The van der Waals surface area contributed by atoms with Crippen LogP contribution < -0.4 is 62.8 Å². The second-order valence-electron chi connectivity index (χ2n) is 28.0. The summed E-state index contributed by atoms with van der Waals surface area (Å²) in [5, 5.41) is 20.3. The summed E-state index contributed by atoms with van der Waals surface area (Å²) in [5.74, 6) is -0.996. The van der Waals surface area contributed by atoms with Crippen LogP contribution in [0, 0.1) is 41.5 Å². The predicted octanol–water partition coefficient (Wildman–Crippen LogP) is 15.4. The molecule has 13 aromatic rings. The van der Waals surface area contributed by atoms with Crippen molar-refractivity contribution in [3.63, 3.8) is 0 Å². The van der Waals surface area contributed by atoms with Crippen LogP contribution in [-0.4, -0.2) is 71.9 Å². The number of anilines is 6. The molecule has 3 amide bonds. The van der Waals surface area contributed by atoms with Crippen LogP contribution in [-0.2, 0) is 0 Å². The third kappa shape index (κ3) is 16.5. The number of nitrogens with one attached hydrogen (secondary N) is 6. The van der Waals surface area contributed by atoms with Crippen molar-refractivity contribution in [1.82, 2.24) is 30.9 Å². The van der Waals surface area contributed by atoms with Crippen LogP contribution in [0.4, 0.5) is 34.1 Å². The number of rotatable bonds is 30. The fourth-order valence-corrected chi connectivity index (χ4v) is 14.1. The highest BCUT2D eigenvalue weighted by molar-refractivity contribution is 6.04. The van der Waals surface area contributed by atoms with Crippen LogP contribution >= 0.6 is 0 Å². The van der Waals surface area contributed by atoms with Gasteiger partial charge in [-0.2, -0.15) is 0 Å². The van der Waals surface area contributed by atoms with Gasteiger partial charge in [0.2, 0.25) is 50.2 Å². The monoisotopic (exact) mass is 1400 g/mol. The Morgan fingerprint density at radius 3 is 0.771 bits per heavy atom. The molecule has 105 heavy (non-hydrogen) atoms. The summed E-state index contributed by atoms with van der Waals surface area (Å²) in [7, 11) is 0. The van der Waals surface area contributed by atoms with E-state index in [0.29, 0.717) is 19.6 Å². The van der Waals surface area contributed by atoms with E-state index in [0.717, 1.165) is 247 Å². The van der Waals surface area contributed by atoms with Gasteiger partial charge in [-0.15, -0.1) is 13.7 Å². The minimum absolute atomic E-state index is 0.264. The predicted molar refractivity (Wildman–Crippen MR) is 428 cm³/mol.